The first-order chi connectivity index (χ1) is 15.8. The first-order valence-electron chi connectivity index (χ1n) is 11.5. The number of hydrogen-bond donors (Lipinski definition) is 1. The fraction of sp³-hybridized carbons (Fsp3) is 0.423. The summed E-state index contributed by atoms with van der Waals surface area (Å²) in [6.07, 6.45) is 1.78. The Morgan fingerprint density at radius 1 is 1.15 bits per heavy atom. The van der Waals surface area contributed by atoms with E-state index < -0.39 is 0 Å². The minimum Gasteiger partial charge on any atom is -0.352 e. The number of benzene rings is 2. The number of nitrogens with zero attached hydrogens (tertiary/aromatic N) is 3. The molecule has 7 heteroatoms. The number of nitrogens with one attached hydrogen (secondary N) is 1. The molecule has 2 aromatic carbocycles. The van der Waals surface area contributed by atoms with Gasteiger partial charge in [0.05, 0.1) is 12.5 Å². The summed E-state index contributed by atoms with van der Waals surface area (Å²) in [7, 11) is 0. The van der Waals surface area contributed by atoms with Crippen LogP contribution >= 0.6 is 0 Å². The molecule has 2 heterocycles. The first-order valence-corrected chi connectivity index (χ1v) is 11.5. The lowest BCUT2D eigenvalue weighted by Crippen LogP contribution is -2.42. The lowest BCUT2D eigenvalue weighted by molar-refractivity contribution is -0.127. The van der Waals surface area contributed by atoms with Crippen LogP contribution in [0.5, 0.6) is 0 Å². The summed E-state index contributed by atoms with van der Waals surface area (Å²) in [5.41, 5.74) is 3.16. The van der Waals surface area contributed by atoms with E-state index >= 15 is 0 Å². The second-order valence-corrected chi connectivity index (χ2v) is 9.76. The van der Waals surface area contributed by atoms with Gasteiger partial charge in [0, 0.05) is 18.7 Å². The third-order valence-electron chi connectivity index (χ3n) is 6.09. The van der Waals surface area contributed by atoms with Crippen LogP contribution in [0.4, 0.5) is 4.39 Å². The van der Waals surface area contributed by atoms with Gasteiger partial charge in [0.1, 0.15) is 5.82 Å². The van der Waals surface area contributed by atoms with Gasteiger partial charge in [-0.2, -0.15) is 4.98 Å². The number of piperidine rings is 1. The Hall–Kier alpha value is -3.06. The molecule has 1 unspecified atom stereocenters. The van der Waals surface area contributed by atoms with Gasteiger partial charge in [-0.05, 0) is 48.1 Å². The van der Waals surface area contributed by atoms with Crippen molar-refractivity contribution in [3.63, 3.8) is 0 Å². The molecule has 1 aliphatic heterocycles. The van der Waals surface area contributed by atoms with Crippen molar-refractivity contribution in [3.05, 3.63) is 71.4 Å². The van der Waals surface area contributed by atoms with E-state index in [0.717, 1.165) is 30.5 Å². The highest BCUT2D eigenvalue weighted by atomic mass is 19.1. The Morgan fingerprint density at radius 2 is 1.88 bits per heavy atom. The standard InChI is InChI=1S/C26H31FN4O2/c1-26(2,3)21-10-8-19(9-11-21)24-29-23(33-30-24)17-31-14-4-5-20(16-31)25(32)28-15-18-6-12-22(27)13-7-18/h6-13,20H,4-5,14-17H2,1-3H3,(H,28,32). The van der Waals surface area contributed by atoms with Crippen molar-refractivity contribution in [1.82, 2.24) is 20.4 Å². The average molecular weight is 451 g/mol. The molecule has 0 aliphatic carbocycles. The zero-order chi connectivity index (χ0) is 23.4. The van der Waals surface area contributed by atoms with Crippen LogP contribution in [0.3, 0.4) is 0 Å². The Bertz CT molecular complexity index is 1070. The fourth-order valence-electron chi connectivity index (χ4n) is 4.10. The number of hydrogen-bond acceptors (Lipinski definition) is 5. The van der Waals surface area contributed by atoms with Crippen LogP contribution in [0.2, 0.25) is 0 Å². The number of aromatic nitrogens is 2. The molecule has 1 aromatic heterocycles. The highest BCUT2D eigenvalue weighted by Gasteiger charge is 2.27. The summed E-state index contributed by atoms with van der Waals surface area (Å²) in [6, 6.07) is 14.4. The van der Waals surface area contributed by atoms with E-state index in [1.165, 1.54) is 17.7 Å². The SMILES string of the molecule is CC(C)(C)c1ccc(-c2noc(CN3CCCC(C(=O)NCc4ccc(F)cc4)C3)n2)cc1. The molecule has 33 heavy (non-hydrogen) atoms. The second kappa shape index (κ2) is 9.83. The van der Waals surface area contributed by atoms with Gasteiger partial charge >= 0.3 is 0 Å². The normalized spacial score (nSPS) is 17.2. The fourth-order valence-corrected chi connectivity index (χ4v) is 4.10. The monoisotopic (exact) mass is 450 g/mol. The minimum absolute atomic E-state index is 0.0224. The highest BCUT2D eigenvalue weighted by Crippen LogP contribution is 2.25. The number of carbonyl (C=O) groups is 1. The Balaban J connectivity index is 1.31. The van der Waals surface area contributed by atoms with Crippen molar-refractivity contribution < 1.29 is 13.7 Å². The zero-order valence-electron chi connectivity index (χ0n) is 19.5. The van der Waals surface area contributed by atoms with E-state index in [-0.39, 0.29) is 23.1 Å². The molecule has 0 bridgehead atoms. The molecular weight excluding hydrogens is 419 g/mol. The highest BCUT2D eigenvalue weighted by molar-refractivity contribution is 5.79. The average Bonchev–Trinajstić information content (AvgIpc) is 3.26. The Morgan fingerprint density at radius 3 is 2.58 bits per heavy atom. The maximum Gasteiger partial charge on any atom is 0.241 e. The number of carbonyl (C=O) groups excluding carboxylic acids is 1. The molecule has 4 rings (SSSR count). The smallest absolute Gasteiger partial charge is 0.241 e. The summed E-state index contributed by atoms with van der Waals surface area (Å²) in [4.78, 5) is 19.4. The van der Waals surface area contributed by atoms with Crippen LogP contribution < -0.4 is 5.32 Å². The van der Waals surface area contributed by atoms with Gasteiger partial charge in [0.15, 0.2) is 0 Å². The van der Waals surface area contributed by atoms with Crippen molar-refractivity contribution >= 4 is 5.91 Å². The Kier molecular flexibility index (Phi) is 6.88. The van der Waals surface area contributed by atoms with Gasteiger partial charge in [-0.25, -0.2) is 4.39 Å². The molecule has 0 radical (unpaired) electrons. The third-order valence-corrected chi connectivity index (χ3v) is 6.09. The largest absolute Gasteiger partial charge is 0.352 e. The molecule has 0 saturated carbocycles. The van der Waals surface area contributed by atoms with E-state index in [9.17, 15) is 9.18 Å². The molecule has 1 N–H and O–H groups in total. The van der Waals surface area contributed by atoms with E-state index in [1.54, 1.807) is 12.1 Å². The van der Waals surface area contributed by atoms with Gasteiger partial charge < -0.3 is 9.84 Å². The van der Waals surface area contributed by atoms with Gasteiger partial charge in [-0.15, -0.1) is 0 Å². The topological polar surface area (TPSA) is 71.3 Å². The van der Waals surface area contributed by atoms with Gasteiger partial charge in [0.25, 0.3) is 0 Å². The van der Waals surface area contributed by atoms with Gasteiger partial charge in [-0.1, -0.05) is 62.3 Å². The van der Waals surface area contributed by atoms with Crippen LogP contribution in [0.1, 0.15) is 50.6 Å². The molecule has 1 fully saturated rings. The van der Waals surface area contributed by atoms with E-state index in [1.807, 2.05) is 12.1 Å². The molecule has 1 atom stereocenters. The summed E-state index contributed by atoms with van der Waals surface area (Å²) in [5.74, 6) is 0.785. The number of amides is 1. The van der Waals surface area contributed by atoms with Crippen LogP contribution in [-0.2, 0) is 23.3 Å². The van der Waals surface area contributed by atoms with Crippen LogP contribution in [0.15, 0.2) is 53.1 Å². The number of halogens is 1. The predicted octanol–water partition coefficient (Wildman–Crippen LogP) is 4.70. The number of rotatable bonds is 6. The van der Waals surface area contributed by atoms with E-state index in [4.69, 9.17) is 4.52 Å². The van der Waals surface area contributed by atoms with Crippen molar-refractivity contribution in [1.29, 1.82) is 0 Å². The quantitative estimate of drug-likeness (QED) is 0.589. The molecule has 6 nitrogen and oxygen atoms in total. The molecule has 3 aromatic rings. The lowest BCUT2D eigenvalue weighted by Gasteiger charge is -2.30. The zero-order valence-corrected chi connectivity index (χ0v) is 19.5. The van der Waals surface area contributed by atoms with Crippen molar-refractivity contribution in [2.45, 2.75) is 52.1 Å². The first kappa shape index (κ1) is 23.1. The van der Waals surface area contributed by atoms with Gasteiger partial charge in [0.2, 0.25) is 17.6 Å². The maximum atomic E-state index is 13.0. The van der Waals surface area contributed by atoms with Crippen LogP contribution in [0.25, 0.3) is 11.4 Å². The third kappa shape index (κ3) is 6.05. The van der Waals surface area contributed by atoms with Crippen molar-refractivity contribution in [2.24, 2.45) is 5.92 Å². The molecular formula is C26H31FN4O2. The van der Waals surface area contributed by atoms with Crippen LogP contribution in [-0.4, -0.2) is 34.0 Å². The summed E-state index contributed by atoms with van der Waals surface area (Å²) in [5, 5.41) is 7.12. The lowest BCUT2D eigenvalue weighted by atomic mass is 9.87. The van der Waals surface area contributed by atoms with Crippen molar-refractivity contribution in [2.75, 3.05) is 13.1 Å². The second-order valence-electron chi connectivity index (χ2n) is 9.76. The molecule has 1 saturated heterocycles. The molecule has 0 spiro atoms. The molecule has 1 amide bonds. The predicted molar refractivity (Wildman–Crippen MR) is 125 cm³/mol. The molecule has 174 valence electrons. The van der Waals surface area contributed by atoms with E-state index in [2.05, 4.69) is 53.3 Å². The Labute approximate surface area is 194 Å². The maximum absolute atomic E-state index is 13.0. The summed E-state index contributed by atoms with van der Waals surface area (Å²) in [6.45, 7) is 9.01. The minimum atomic E-state index is -0.279. The van der Waals surface area contributed by atoms with Crippen molar-refractivity contribution in [3.8, 4) is 11.4 Å². The summed E-state index contributed by atoms with van der Waals surface area (Å²) >= 11 is 0. The summed E-state index contributed by atoms with van der Waals surface area (Å²) < 4.78 is 18.5. The van der Waals surface area contributed by atoms with Crippen LogP contribution in [0, 0.1) is 11.7 Å². The number of likely N-dealkylation sites (tertiary alicyclic amines) is 1. The molecule has 1 aliphatic rings. The van der Waals surface area contributed by atoms with E-state index in [0.29, 0.717) is 31.3 Å². The van der Waals surface area contributed by atoms with Gasteiger partial charge in [-0.3, -0.25) is 9.69 Å².